The Morgan fingerprint density at radius 3 is 2.67 bits per heavy atom. The van der Waals surface area contributed by atoms with Crippen LogP contribution < -0.4 is 0 Å². The second kappa shape index (κ2) is 6.54. The number of nitrogens with zero attached hydrogens (tertiary/aromatic N) is 2. The molecule has 2 aromatic carbocycles. The molecular weight excluding hydrogens is 344 g/mol. The van der Waals surface area contributed by atoms with Crippen LogP contribution in [0.1, 0.15) is 36.3 Å². The molecule has 1 aliphatic carbocycles. The highest BCUT2D eigenvalue weighted by atomic mass is 16.6. The van der Waals surface area contributed by atoms with Crippen LogP contribution >= 0.6 is 0 Å². The first kappa shape index (κ1) is 17.3. The maximum Gasteiger partial charge on any atom is 0.311 e. The minimum atomic E-state index is -0.801. The number of nitro benzene ring substituents is 1. The minimum Gasteiger partial charge on any atom is -0.481 e. The van der Waals surface area contributed by atoms with Crippen LogP contribution in [0.2, 0.25) is 0 Å². The van der Waals surface area contributed by atoms with Crippen molar-refractivity contribution in [2.45, 2.75) is 32.1 Å². The van der Waals surface area contributed by atoms with E-state index in [2.05, 4.69) is 0 Å². The molecule has 0 bridgehead atoms. The number of nitro groups is 1. The summed E-state index contributed by atoms with van der Waals surface area (Å²) < 4.78 is 1.95. The van der Waals surface area contributed by atoms with Gasteiger partial charge in [-0.15, -0.1) is 0 Å². The van der Waals surface area contributed by atoms with Gasteiger partial charge >= 0.3 is 5.97 Å². The van der Waals surface area contributed by atoms with Gasteiger partial charge in [-0.2, -0.15) is 0 Å². The van der Waals surface area contributed by atoms with Crippen molar-refractivity contribution >= 4 is 22.6 Å². The van der Waals surface area contributed by atoms with E-state index in [1.165, 1.54) is 6.07 Å². The minimum absolute atomic E-state index is 0.0464. The Labute approximate surface area is 156 Å². The zero-order valence-corrected chi connectivity index (χ0v) is 15.0. The van der Waals surface area contributed by atoms with Crippen LogP contribution in [-0.2, 0) is 4.79 Å². The Bertz CT molecular complexity index is 1050. The first-order chi connectivity index (χ1) is 13.0. The maximum absolute atomic E-state index is 12.0. The smallest absolute Gasteiger partial charge is 0.311 e. The zero-order chi connectivity index (χ0) is 19.1. The third kappa shape index (κ3) is 3.18. The third-order valence-electron chi connectivity index (χ3n) is 5.33. The SMILES string of the molecule is Cc1cc([N+](=O)[O-])ccc1-n1cc(C(CC2CC2)C(=O)O)c2ccccc21. The number of carboxylic acid groups (broad SMARTS) is 1. The highest BCUT2D eigenvalue weighted by molar-refractivity contribution is 5.91. The lowest BCUT2D eigenvalue weighted by molar-refractivity contribution is -0.384. The molecule has 0 saturated heterocycles. The summed E-state index contributed by atoms with van der Waals surface area (Å²) in [5.41, 5.74) is 3.35. The summed E-state index contributed by atoms with van der Waals surface area (Å²) in [7, 11) is 0. The lowest BCUT2D eigenvalue weighted by atomic mass is 9.93. The number of aliphatic carboxylic acids is 1. The molecule has 1 aliphatic rings. The van der Waals surface area contributed by atoms with Crippen LogP contribution in [0.3, 0.4) is 0 Å². The molecule has 4 rings (SSSR count). The molecule has 1 N–H and O–H groups in total. The molecule has 138 valence electrons. The Balaban J connectivity index is 1.87. The molecule has 1 heterocycles. The van der Waals surface area contributed by atoms with Crippen molar-refractivity contribution in [3.63, 3.8) is 0 Å². The lowest BCUT2D eigenvalue weighted by Crippen LogP contribution is -2.12. The molecule has 6 nitrogen and oxygen atoms in total. The summed E-state index contributed by atoms with van der Waals surface area (Å²) in [4.78, 5) is 22.6. The van der Waals surface area contributed by atoms with Gasteiger partial charge in [-0.05, 0) is 42.5 Å². The highest BCUT2D eigenvalue weighted by Gasteiger charge is 2.32. The van der Waals surface area contributed by atoms with Crippen molar-refractivity contribution < 1.29 is 14.8 Å². The molecule has 0 aliphatic heterocycles. The van der Waals surface area contributed by atoms with Crippen LogP contribution in [0.25, 0.3) is 16.6 Å². The van der Waals surface area contributed by atoms with Gasteiger partial charge in [-0.25, -0.2) is 0 Å². The van der Waals surface area contributed by atoms with Gasteiger partial charge in [-0.1, -0.05) is 31.0 Å². The first-order valence-corrected chi connectivity index (χ1v) is 9.04. The Morgan fingerprint density at radius 2 is 2.04 bits per heavy atom. The number of aromatic nitrogens is 1. The summed E-state index contributed by atoms with van der Waals surface area (Å²) in [6.07, 6.45) is 4.75. The molecule has 0 spiro atoms. The van der Waals surface area contributed by atoms with Crippen molar-refractivity contribution in [3.05, 3.63) is 69.9 Å². The monoisotopic (exact) mass is 364 g/mol. The lowest BCUT2D eigenvalue weighted by Gasteiger charge is -2.11. The number of benzene rings is 2. The molecule has 0 radical (unpaired) electrons. The van der Waals surface area contributed by atoms with E-state index in [0.717, 1.165) is 40.6 Å². The molecule has 1 aromatic heterocycles. The number of non-ortho nitro benzene ring substituents is 1. The van der Waals surface area contributed by atoms with E-state index in [4.69, 9.17) is 0 Å². The normalized spacial score (nSPS) is 15.0. The van der Waals surface area contributed by atoms with E-state index in [-0.39, 0.29) is 5.69 Å². The van der Waals surface area contributed by atoms with Crippen molar-refractivity contribution in [1.82, 2.24) is 4.57 Å². The van der Waals surface area contributed by atoms with E-state index in [0.29, 0.717) is 12.3 Å². The first-order valence-electron chi connectivity index (χ1n) is 9.04. The third-order valence-corrected chi connectivity index (χ3v) is 5.33. The molecular formula is C21H20N2O4. The summed E-state index contributed by atoms with van der Waals surface area (Å²) >= 11 is 0. The van der Waals surface area contributed by atoms with Gasteiger partial charge in [0.05, 0.1) is 16.4 Å². The molecule has 3 aromatic rings. The van der Waals surface area contributed by atoms with E-state index in [1.807, 2.05) is 42.0 Å². The van der Waals surface area contributed by atoms with Gasteiger partial charge < -0.3 is 9.67 Å². The molecule has 6 heteroatoms. The number of hydrogen-bond donors (Lipinski definition) is 1. The Morgan fingerprint density at radius 1 is 1.30 bits per heavy atom. The van der Waals surface area contributed by atoms with Gasteiger partial charge in [0.25, 0.3) is 5.69 Å². The van der Waals surface area contributed by atoms with Crippen molar-refractivity contribution in [1.29, 1.82) is 0 Å². The van der Waals surface area contributed by atoms with Crippen molar-refractivity contribution in [2.24, 2.45) is 5.92 Å². The molecule has 1 unspecified atom stereocenters. The summed E-state index contributed by atoms with van der Waals surface area (Å²) in [5.74, 6) is -0.846. The van der Waals surface area contributed by atoms with E-state index < -0.39 is 16.8 Å². The second-order valence-corrected chi connectivity index (χ2v) is 7.27. The van der Waals surface area contributed by atoms with E-state index >= 15 is 0 Å². The fourth-order valence-corrected chi connectivity index (χ4v) is 3.75. The fourth-order valence-electron chi connectivity index (χ4n) is 3.75. The molecule has 27 heavy (non-hydrogen) atoms. The van der Waals surface area contributed by atoms with E-state index in [1.54, 1.807) is 12.1 Å². The van der Waals surface area contributed by atoms with Crippen LogP contribution in [0, 0.1) is 23.0 Å². The number of para-hydroxylation sites is 1. The van der Waals surface area contributed by atoms with Crippen LogP contribution in [0.15, 0.2) is 48.7 Å². The fraction of sp³-hybridized carbons (Fsp3) is 0.286. The van der Waals surface area contributed by atoms with E-state index in [9.17, 15) is 20.0 Å². The average Bonchev–Trinajstić information content (AvgIpc) is 3.39. The number of fused-ring (bicyclic) bond motifs is 1. The second-order valence-electron chi connectivity index (χ2n) is 7.27. The predicted molar refractivity (Wildman–Crippen MR) is 102 cm³/mol. The van der Waals surface area contributed by atoms with Crippen LogP contribution in [0.4, 0.5) is 5.69 Å². The predicted octanol–water partition coefficient (Wildman–Crippen LogP) is 4.82. The van der Waals surface area contributed by atoms with Crippen molar-refractivity contribution in [2.75, 3.05) is 0 Å². The number of carbonyl (C=O) groups is 1. The highest BCUT2D eigenvalue weighted by Crippen LogP contribution is 2.41. The molecule has 1 atom stereocenters. The summed E-state index contributed by atoms with van der Waals surface area (Å²) in [5, 5.41) is 21.8. The van der Waals surface area contributed by atoms with Gasteiger partial charge in [0, 0.05) is 29.4 Å². The van der Waals surface area contributed by atoms with Crippen LogP contribution in [0.5, 0.6) is 0 Å². The number of rotatable bonds is 6. The topological polar surface area (TPSA) is 85.4 Å². The van der Waals surface area contributed by atoms with Crippen molar-refractivity contribution in [3.8, 4) is 5.69 Å². The Hall–Kier alpha value is -3.15. The summed E-state index contributed by atoms with van der Waals surface area (Å²) in [6.45, 7) is 1.83. The maximum atomic E-state index is 12.0. The van der Waals surface area contributed by atoms with Gasteiger partial charge in [0.2, 0.25) is 0 Å². The molecule has 1 saturated carbocycles. The number of carboxylic acids is 1. The van der Waals surface area contributed by atoms with Crippen LogP contribution in [-0.4, -0.2) is 20.6 Å². The largest absolute Gasteiger partial charge is 0.481 e. The standard InChI is InChI=1S/C21H20N2O4/c1-13-10-15(23(26)27)8-9-19(13)22-12-18(16-4-2-3-5-20(16)22)17(21(24)25)11-14-6-7-14/h2-5,8-10,12,14,17H,6-7,11H2,1H3,(H,24,25). The molecule has 1 fully saturated rings. The molecule has 0 amide bonds. The number of aryl methyl sites for hydroxylation is 1. The summed E-state index contributed by atoms with van der Waals surface area (Å²) in [6, 6.07) is 12.5. The quantitative estimate of drug-likeness (QED) is 0.502. The van der Waals surface area contributed by atoms with Gasteiger partial charge in [0.15, 0.2) is 0 Å². The Kier molecular flexibility index (Phi) is 4.18. The average molecular weight is 364 g/mol. The van der Waals surface area contributed by atoms with Gasteiger partial charge in [0.1, 0.15) is 0 Å². The zero-order valence-electron chi connectivity index (χ0n) is 15.0. The number of hydrogen-bond acceptors (Lipinski definition) is 3. The van der Waals surface area contributed by atoms with Gasteiger partial charge in [-0.3, -0.25) is 14.9 Å².